The summed E-state index contributed by atoms with van der Waals surface area (Å²) in [5, 5.41) is 37.3. The lowest BCUT2D eigenvalue weighted by molar-refractivity contribution is -0.732. The van der Waals surface area contributed by atoms with Crippen LogP contribution in [-0.2, 0) is 16.6 Å². The highest BCUT2D eigenvalue weighted by molar-refractivity contribution is 5.96. The minimum atomic E-state index is -2.13. The van der Waals surface area contributed by atoms with Gasteiger partial charge in [0.1, 0.15) is 6.10 Å². The minimum Gasteiger partial charge on any atom is -0.451 e. The van der Waals surface area contributed by atoms with E-state index in [4.69, 9.17) is 4.74 Å². The van der Waals surface area contributed by atoms with Crippen molar-refractivity contribution in [1.29, 1.82) is 0 Å². The summed E-state index contributed by atoms with van der Waals surface area (Å²) >= 11 is 0. The molecule has 0 aromatic carbocycles. The van der Waals surface area contributed by atoms with Gasteiger partial charge >= 0.3 is 5.97 Å². The van der Waals surface area contributed by atoms with E-state index in [1.807, 2.05) is 6.92 Å². The maximum Gasteiger partial charge on any atom is 0.347 e. The molecule has 8 heteroatoms. The van der Waals surface area contributed by atoms with Crippen LogP contribution in [0, 0.1) is 48.3 Å². The van der Waals surface area contributed by atoms with E-state index in [9.17, 15) is 24.9 Å². The third kappa shape index (κ3) is 2.82. The van der Waals surface area contributed by atoms with E-state index in [-0.39, 0.29) is 28.6 Å². The molecule has 0 radical (unpaired) electrons. The number of aliphatic hydroxyl groups is 3. The van der Waals surface area contributed by atoms with E-state index in [0.29, 0.717) is 34.9 Å². The lowest BCUT2D eigenvalue weighted by Crippen LogP contribution is -2.65. The van der Waals surface area contributed by atoms with Crippen molar-refractivity contribution in [2.24, 2.45) is 41.5 Å². The van der Waals surface area contributed by atoms with Crippen LogP contribution in [0.5, 0.6) is 0 Å². The second-order valence-electron chi connectivity index (χ2n) is 11.9. The fraction of sp³-hybridized carbons (Fsp3) is 0.667. The zero-order chi connectivity index (χ0) is 25.8. The van der Waals surface area contributed by atoms with E-state index in [1.54, 1.807) is 44.7 Å². The smallest absolute Gasteiger partial charge is 0.347 e. The number of ketones is 1. The monoisotopic (exact) mass is 485 g/mol. The zero-order valence-electron chi connectivity index (χ0n) is 21.5. The molecule has 8 atom stereocenters. The van der Waals surface area contributed by atoms with Gasteiger partial charge in [0.2, 0.25) is 5.69 Å². The number of aromatic nitrogens is 2. The number of H-pyrrole nitrogens is 1. The molecule has 1 aromatic rings. The third-order valence-electron chi connectivity index (χ3n) is 9.90. The number of Topliss-reactive ketones (excluding diaryl/α,β-unsaturated/α-hetero) is 1. The number of allylic oxidation sites excluding steroid dienone is 1. The van der Waals surface area contributed by atoms with E-state index in [0.717, 1.165) is 0 Å². The number of aryl methyl sites for hydroxylation is 2. The van der Waals surface area contributed by atoms with Gasteiger partial charge in [0.15, 0.2) is 30.1 Å². The first-order chi connectivity index (χ1) is 16.2. The Morgan fingerprint density at radius 3 is 2.51 bits per heavy atom. The molecule has 4 aliphatic rings. The van der Waals surface area contributed by atoms with Crippen molar-refractivity contribution in [1.82, 2.24) is 5.10 Å². The molecule has 0 amide bonds. The fourth-order valence-electron chi connectivity index (χ4n) is 7.89. The Labute approximate surface area is 205 Å². The highest BCUT2D eigenvalue weighted by Gasteiger charge is 2.76. The molecule has 1 aromatic heterocycles. The predicted octanol–water partition coefficient (Wildman–Crippen LogP) is 1.45. The standard InChI is InChI=1S/C27H36N2O6/c1-12-10-26-13(2)8-18-20(25(18,5)6)17(22(26)32)9-16(11-30)21(31)27(26,34)23(12)35-24(33)19-14(3)28-29(7)15(19)4/h9-10,13,17-18,20-21,23,30-31,34H,8,11H2,1-7H3/p+1/t13-,17+,18-,20+,21-,23+,26+,27+/m1/s1. The van der Waals surface area contributed by atoms with Crippen LogP contribution < -0.4 is 4.68 Å². The van der Waals surface area contributed by atoms with Gasteiger partial charge in [0.05, 0.1) is 17.7 Å². The minimum absolute atomic E-state index is 0.0389. The van der Waals surface area contributed by atoms with Gasteiger partial charge in [0, 0.05) is 12.8 Å². The largest absolute Gasteiger partial charge is 0.451 e. The van der Waals surface area contributed by atoms with E-state index >= 15 is 0 Å². The summed E-state index contributed by atoms with van der Waals surface area (Å²) in [5.74, 6) is -1.26. The maximum atomic E-state index is 14.4. The van der Waals surface area contributed by atoms with Gasteiger partial charge in [-0.25, -0.2) is 4.79 Å². The summed E-state index contributed by atoms with van der Waals surface area (Å²) in [6, 6.07) is 0. The highest BCUT2D eigenvalue weighted by atomic mass is 16.6. The van der Waals surface area contributed by atoms with Gasteiger partial charge < -0.3 is 20.1 Å². The number of ether oxygens (including phenoxy) is 1. The van der Waals surface area contributed by atoms with Crippen LogP contribution in [0.25, 0.3) is 0 Å². The molecule has 0 saturated heterocycles. The number of aromatic amines is 1. The van der Waals surface area contributed by atoms with Gasteiger partial charge in [-0.1, -0.05) is 32.9 Å². The molecular weight excluding hydrogens is 448 g/mol. The van der Waals surface area contributed by atoms with Crippen LogP contribution in [0.3, 0.4) is 0 Å². The second-order valence-corrected chi connectivity index (χ2v) is 11.9. The van der Waals surface area contributed by atoms with Crippen LogP contribution in [0.4, 0.5) is 0 Å². The lowest BCUT2D eigenvalue weighted by atomic mass is 9.59. The normalized spacial score (nSPS) is 41.3. The molecule has 2 saturated carbocycles. The quantitative estimate of drug-likeness (QED) is 0.292. The molecule has 8 nitrogen and oxygen atoms in total. The fourth-order valence-corrected chi connectivity index (χ4v) is 7.89. The van der Waals surface area contributed by atoms with Crippen molar-refractivity contribution in [3.8, 4) is 0 Å². The Hall–Kier alpha value is -2.29. The van der Waals surface area contributed by atoms with Gasteiger partial charge in [-0.2, -0.15) is 5.10 Å². The number of esters is 1. The number of aliphatic hydroxyl groups excluding tert-OH is 2. The van der Waals surface area contributed by atoms with Crippen LogP contribution in [-0.4, -0.2) is 56.6 Å². The highest BCUT2D eigenvalue weighted by Crippen LogP contribution is 2.71. The summed E-state index contributed by atoms with van der Waals surface area (Å²) in [6.45, 7) is 11.0. The molecule has 5 rings (SSSR count). The molecule has 1 heterocycles. The van der Waals surface area contributed by atoms with Crippen LogP contribution in [0.15, 0.2) is 23.3 Å². The Balaban J connectivity index is 1.65. The van der Waals surface area contributed by atoms with Crippen LogP contribution in [0.2, 0.25) is 0 Å². The van der Waals surface area contributed by atoms with E-state index in [1.165, 1.54) is 0 Å². The van der Waals surface area contributed by atoms with Crippen molar-refractivity contribution in [2.75, 3.05) is 6.61 Å². The number of hydrogen-bond donors (Lipinski definition) is 4. The van der Waals surface area contributed by atoms with Crippen molar-refractivity contribution in [2.45, 2.75) is 65.8 Å². The Morgan fingerprint density at radius 1 is 1.29 bits per heavy atom. The van der Waals surface area contributed by atoms with Crippen LogP contribution >= 0.6 is 0 Å². The molecule has 4 N–H and O–H groups in total. The van der Waals surface area contributed by atoms with Crippen molar-refractivity contribution >= 4 is 11.8 Å². The van der Waals surface area contributed by atoms with Gasteiger partial charge in [-0.3, -0.25) is 4.79 Å². The SMILES string of the molecule is CC1=C[C@]23C(=O)[C@@H](C=C(CO)[C@@H](O)[C@]2(O)[C@H]1OC(=O)c1c(C)[nH][n+](C)c1C)[C@H]1[C@@H](C[C@H]3C)C1(C)C. The maximum absolute atomic E-state index is 14.4. The van der Waals surface area contributed by atoms with E-state index < -0.39 is 41.7 Å². The molecule has 190 valence electrons. The number of nitrogens with zero attached hydrogens (tertiary/aromatic N) is 1. The summed E-state index contributed by atoms with van der Waals surface area (Å²) in [5.41, 5.74) is -1.22. The first kappa shape index (κ1) is 24.4. The third-order valence-corrected chi connectivity index (χ3v) is 9.90. The zero-order valence-corrected chi connectivity index (χ0v) is 21.5. The molecule has 4 aliphatic carbocycles. The average Bonchev–Trinajstić information content (AvgIpc) is 3.14. The first-order valence-electron chi connectivity index (χ1n) is 12.5. The van der Waals surface area contributed by atoms with E-state index in [2.05, 4.69) is 18.9 Å². The topological polar surface area (TPSA) is 124 Å². The number of hydrogen-bond acceptors (Lipinski definition) is 6. The summed E-state index contributed by atoms with van der Waals surface area (Å²) in [4.78, 5) is 27.7. The van der Waals surface area contributed by atoms with Gasteiger partial charge in [-0.15, -0.1) is 4.68 Å². The molecule has 2 bridgehead atoms. The van der Waals surface area contributed by atoms with Crippen LogP contribution in [0.1, 0.15) is 55.9 Å². The summed E-state index contributed by atoms with van der Waals surface area (Å²) in [6.07, 6.45) is 1.33. The van der Waals surface area contributed by atoms with Gasteiger partial charge in [0.25, 0.3) is 0 Å². The molecule has 0 aliphatic heterocycles. The van der Waals surface area contributed by atoms with Crippen molar-refractivity contribution in [3.63, 3.8) is 0 Å². The molecular formula is C27H37N2O6+. The summed E-state index contributed by atoms with van der Waals surface area (Å²) < 4.78 is 7.68. The number of carbonyl (C=O) groups excluding carboxylic acids is 2. The Morgan fingerprint density at radius 2 is 1.94 bits per heavy atom. The molecule has 35 heavy (non-hydrogen) atoms. The number of rotatable bonds is 3. The lowest BCUT2D eigenvalue weighted by Gasteiger charge is -2.48. The number of fused-ring (bicyclic) bond motifs is 3. The second kappa shape index (κ2) is 7.37. The van der Waals surface area contributed by atoms with Gasteiger partial charge in [-0.05, 0) is 54.6 Å². The number of nitrogens with one attached hydrogen (secondary N) is 1. The van der Waals surface area contributed by atoms with Crippen molar-refractivity contribution < 1.29 is 34.3 Å². The average molecular weight is 486 g/mol. The molecule has 2 fully saturated rings. The summed E-state index contributed by atoms with van der Waals surface area (Å²) in [7, 11) is 1.79. The predicted molar refractivity (Wildman–Crippen MR) is 126 cm³/mol. The van der Waals surface area contributed by atoms with Crippen molar-refractivity contribution in [3.05, 3.63) is 40.2 Å². The molecule has 1 spiro atoms. The Kier molecular flexibility index (Phi) is 5.14. The first-order valence-corrected chi connectivity index (χ1v) is 12.5. The Bertz CT molecular complexity index is 1190. The number of carbonyl (C=O) groups is 2. The molecule has 0 unspecified atom stereocenters.